The molecular formula is C18H30O5S. The van der Waals surface area contributed by atoms with Gasteiger partial charge in [-0.1, -0.05) is 0 Å². The highest BCUT2D eigenvalue weighted by atomic mass is 32.1. The lowest BCUT2D eigenvalue weighted by molar-refractivity contribution is -0.0679. The summed E-state index contributed by atoms with van der Waals surface area (Å²) in [4.78, 5) is 2.22. The minimum Gasteiger partial charge on any atom is -0.488 e. The maximum Gasteiger partial charge on any atom is 0.175 e. The quantitative estimate of drug-likeness (QED) is 0.772. The molecule has 5 nitrogen and oxygen atoms in total. The van der Waals surface area contributed by atoms with Gasteiger partial charge in [0.05, 0.1) is 30.8 Å². The zero-order chi connectivity index (χ0) is 17.7. The molecule has 0 spiro atoms. The molecule has 1 aromatic heterocycles. The van der Waals surface area contributed by atoms with Crippen molar-refractivity contribution < 1.29 is 24.1 Å². The zero-order valence-electron chi connectivity index (χ0n) is 15.4. The highest BCUT2D eigenvalue weighted by molar-refractivity contribution is 7.12. The molecule has 1 aromatic rings. The normalized spacial score (nSPS) is 17.8. The van der Waals surface area contributed by atoms with Gasteiger partial charge in [0.25, 0.3) is 0 Å². The van der Waals surface area contributed by atoms with Crippen molar-refractivity contribution >= 4 is 11.3 Å². The van der Waals surface area contributed by atoms with Crippen LogP contribution in [0.25, 0.3) is 0 Å². The fraction of sp³-hybridized carbons (Fsp3) is 0.778. The van der Waals surface area contributed by atoms with Gasteiger partial charge in [0.2, 0.25) is 0 Å². The van der Waals surface area contributed by atoms with Crippen LogP contribution in [0.1, 0.15) is 36.9 Å². The first-order chi connectivity index (χ1) is 11.4. The topological polar surface area (TPSA) is 57.2 Å². The molecule has 0 saturated heterocycles. The van der Waals surface area contributed by atoms with Crippen LogP contribution in [0.3, 0.4) is 0 Å². The number of ether oxygens (including phenoxy) is 4. The van der Waals surface area contributed by atoms with E-state index in [4.69, 9.17) is 18.9 Å². The second-order valence-electron chi connectivity index (χ2n) is 6.94. The average Bonchev–Trinajstić information content (AvgIpc) is 2.71. The van der Waals surface area contributed by atoms with Crippen molar-refractivity contribution in [1.82, 2.24) is 0 Å². The van der Waals surface area contributed by atoms with Crippen molar-refractivity contribution in [2.45, 2.75) is 53.2 Å². The van der Waals surface area contributed by atoms with Crippen molar-refractivity contribution in [3.63, 3.8) is 0 Å². The van der Waals surface area contributed by atoms with Gasteiger partial charge in [0.1, 0.15) is 13.2 Å². The highest BCUT2D eigenvalue weighted by Crippen LogP contribution is 2.44. The Morgan fingerprint density at radius 3 is 2.17 bits per heavy atom. The van der Waals surface area contributed by atoms with Crippen LogP contribution in [0.5, 0.6) is 11.5 Å². The fourth-order valence-electron chi connectivity index (χ4n) is 2.56. The van der Waals surface area contributed by atoms with E-state index in [0.29, 0.717) is 26.4 Å². The summed E-state index contributed by atoms with van der Waals surface area (Å²) >= 11 is 1.67. The van der Waals surface area contributed by atoms with Crippen LogP contribution in [-0.2, 0) is 9.47 Å². The van der Waals surface area contributed by atoms with Crippen LogP contribution in [-0.4, -0.2) is 50.3 Å². The van der Waals surface area contributed by atoms with E-state index in [2.05, 4.69) is 0 Å². The second kappa shape index (κ2) is 8.52. The summed E-state index contributed by atoms with van der Waals surface area (Å²) in [5.41, 5.74) is -0.539. The minimum absolute atomic E-state index is 0.0337. The molecule has 1 unspecified atom stereocenters. The molecule has 2 rings (SSSR count). The molecule has 2 heterocycles. The molecule has 0 aliphatic carbocycles. The summed E-state index contributed by atoms with van der Waals surface area (Å²) in [6, 6.07) is 0. The third-order valence-corrected chi connectivity index (χ3v) is 5.17. The maximum absolute atomic E-state index is 9.92. The van der Waals surface area contributed by atoms with E-state index in [0.717, 1.165) is 27.7 Å². The molecule has 0 bridgehead atoms. The van der Waals surface area contributed by atoms with Gasteiger partial charge in [0.15, 0.2) is 11.5 Å². The van der Waals surface area contributed by atoms with Gasteiger partial charge in [-0.15, -0.1) is 11.3 Å². The van der Waals surface area contributed by atoms with Crippen molar-refractivity contribution in [2.75, 3.05) is 33.0 Å². The summed E-state index contributed by atoms with van der Waals surface area (Å²) in [6.45, 7) is 11.9. The number of hydrogen-bond acceptors (Lipinski definition) is 6. The molecule has 24 heavy (non-hydrogen) atoms. The number of hydrogen-bond donors (Lipinski definition) is 1. The largest absolute Gasteiger partial charge is 0.488 e. The van der Waals surface area contributed by atoms with E-state index >= 15 is 0 Å². The summed E-state index contributed by atoms with van der Waals surface area (Å²) in [5.74, 6) is 1.62. The molecular weight excluding hydrogens is 328 g/mol. The van der Waals surface area contributed by atoms with E-state index in [1.54, 1.807) is 11.3 Å². The average molecular weight is 359 g/mol. The Kier molecular flexibility index (Phi) is 6.92. The lowest BCUT2D eigenvalue weighted by atomic mass is 9.92. The van der Waals surface area contributed by atoms with Gasteiger partial charge in [-0.05, 0) is 41.0 Å². The highest BCUT2D eigenvalue weighted by Gasteiger charge is 2.37. The Morgan fingerprint density at radius 2 is 1.67 bits per heavy atom. The Bertz CT molecular complexity index is 497. The number of aliphatic hydroxyl groups excluding tert-OH is 1. The van der Waals surface area contributed by atoms with Gasteiger partial charge < -0.3 is 24.1 Å². The predicted molar refractivity (Wildman–Crippen MR) is 95.4 cm³/mol. The monoisotopic (exact) mass is 358 g/mol. The third kappa shape index (κ3) is 4.85. The molecule has 0 saturated carbocycles. The standard InChI is InChI=1S/C18H30O5S/c1-12(2)20-7-6-13(3)21-9-18(8-19)10-22-16-14(4)24-15(5)17(16)23-11-18/h12-13,19H,6-11H2,1-5H3. The van der Waals surface area contributed by atoms with Crippen molar-refractivity contribution in [3.05, 3.63) is 9.75 Å². The van der Waals surface area contributed by atoms with Crippen molar-refractivity contribution in [2.24, 2.45) is 5.41 Å². The third-order valence-electron chi connectivity index (χ3n) is 4.18. The molecule has 1 aliphatic heterocycles. The van der Waals surface area contributed by atoms with E-state index < -0.39 is 5.41 Å². The molecule has 1 N–H and O–H groups in total. The van der Waals surface area contributed by atoms with Gasteiger partial charge in [-0.2, -0.15) is 0 Å². The van der Waals surface area contributed by atoms with Crippen LogP contribution in [0.15, 0.2) is 0 Å². The van der Waals surface area contributed by atoms with E-state index in [-0.39, 0.29) is 18.8 Å². The molecule has 0 radical (unpaired) electrons. The number of aryl methyl sites for hydroxylation is 2. The fourth-order valence-corrected chi connectivity index (χ4v) is 3.51. The first kappa shape index (κ1) is 19.5. The Morgan fingerprint density at radius 1 is 1.08 bits per heavy atom. The summed E-state index contributed by atoms with van der Waals surface area (Å²) in [7, 11) is 0. The Balaban J connectivity index is 1.90. The van der Waals surface area contributed by atoms with Crippen LogP contribution in [0.2, 0.25) is 0 Å². The summed E-state index contributed by atoms with van der Waals surface area (Å²) in [6.07, 6.45) is 1.12. The predicted octanol–water partition coefficient (Wildman–Crippen LogP) is 3.34. The zero-order valence-corrected chi connectivity index (χ0v) is 16.2. The number of thiophene rings is 1. The lowest BCUT2D eigenvalue weighted by Gasteiger charge is -2.30. The Labute approximate surface area is 148 Å². The van der Waals surface area contributed by atoms with Crippen LogP contribution in [0.4, 0.5) is 0 Å². The SMILES string of the molecule is Cc1sc(C)c2c1OCC(CO)(COC(C)CCOC(C)C)CO2. The van der Waals surface area contributed by atoms with E-state index in [1.807, 2.05) is 34.6 Å². The first-order valence-electron chi connectivity index (χ1n) is 8.56. The maximum atomic E-state index is 9.92. The number of rotatable bonds is 8. The van der Waals surface area contributed by atoms with Crippen LogP contribution >= 0.6 is 11.3 Å². The van der Waals surface area contributed by atoms with Gasteiger partial charge in [0, 0.05) is 16.4 Å². The molecule has 1 atom stereocenters. The van der Waals surface area contributed by atoms with Gasteiger partial charge >= 0.3 is 0 Å². The minimum atomic E-state index is -0.539. The molecule has 1 aliphatic rings. The van der Waals surface area contributed by atoms with Gasteiger partial charge in [-0.3, -0.25) is 0 Å². The van der Waals surface area contributed by atoms with E-state index in [9.17, 15) is 5.11 Å². The number of fused-ring (bicyclic) bond motifs is 1. The van der Waals surface area contributed by atoms with Crippen molar-refractivity contribution in [3.8, 4) is 11.5 Å². The van der Waals surface area contributed by atoms with Crippen LogP contribution in [0, 0.1) is 19.3 Å². The molecule has 138 valence electrons. The number of aliphatic hydroxyl groups is 1. The smallest absolute Gasteiger partial charge is 0.175 e. The van der Waals surface area contributed by atoms with Gasteiger partial charge in [-0.25, -0.2) is 0 Å². The molecule has 0 aromatic carbocycles. The van der Waals surface area contributed by atoms with E-state index in [1.165, 1.54) is 0 Å². The lowest BCUT2D eigenvalue weighted by Crippen LogP contribution is -2.42. The first-order valence-corrected chi connectivity index (χ1v) is 9.38. The second-order valence-corrected chi connectivity index (χ2v) is 8.37. The van der Waals surface area contributed by atoms with Crippen molar-refractivity contribution in [1.29, 1.82) is 0 Å². The molecule has 0 amide bonds. The Hall–Kier alpha value is -0.820. The summed E-state index contributed by atoms with van der Waals surface area (Å²) in [5, 5.41) is 9.92. The molecule has 0 fully saturated rings. The van der Waals surface area contributed by atoms with Crippen LogP contribution < -0.4 is 9.47 Å². The summed E-state index contributed by atoms with van der Waals surface area (Å²) < 4.78 is 23.5. The molecule has 6 heteroatoms.